The van der Waals surface area contributed by atoms with E-state index in [1.54, 1.807) is 0 Å². The summed E-state index contributed by atoms with van der Waals surface area (Å²) < 4.78 is 68.3. The van der Waals surface area contributed by atoms with Crippen molar-refractivity contribution in [1.82, 2.24) is 0 Å². The molecule has 3 unspecified atom stereocenters. The number of carbonyl (C=O) groups excluding carboxylic acids is 4. The van der Waals surface area contributed by atoms with E-state index in [1.807, 2.05) is 0 Å². The predicted octanol–water partition coefficient (Wildman–Crippen LogP) is 22.5. The van der Waals surface area contributed by atoms with Gasteiger partial charge in [0.25, 0.3) is 0 Å². The molecule has 0 spiro atoms. The molecule has 0 saturated carbocycles. The number of unbranched alkanes of at least 4 members (excludes halogenated alkanes) is 47. The van der Waals surface area contributed by atoms with E-state index in [-0.39, 0.29) is 25.7 Å². The van der Waals surface area contributed by atoms with Crippen LogP contribution in [0, 0.1) is 5.92 Å². The molecule has 564 valence electrons. The highest BCUT2D eigenvalue weighted by Crippen LogP contribution is 2.45. The van der Waals surface area contributed by atoms with Crippen LogP contribution in [0.5, 0.6) is 0 Å². The maximum absolute atomic E-state index is 13.1. The summed E-state index contributed by atoms with van der Waals surface area (Å²) >= 11 is 0. The number of esters is 4. The Bertz CT molecular complexity index is 1820. The van der Waals surface area contributed by atoms with Gasteiger partial charge in [0, 0.05) is 25.7 Å². The van der Waals surface area contributed by atoms with Gasteiger partial charge in [-0.05, 0) is 31.6 Å². The molecule has 0 radical (unpaired) electrons. The number of phosphoric acid groups is 2. The molecule has 0 rings (SSSR count). The molecular formula is C76H148O17P2. The van der Waals surface area contributed by atoms with Crippen molar-refractivity contribution in [3.8, 4) is 0 Å². The molecule has 0 heterocycles. The molecule has 19 heteroatoms. The summed E-state index contributed by atoms with van der Waals surface area (Å²) in [6.45, 7) is 7.19. The van der Waals surface area contributed by atoms with Crippen molar-refractivity contribution >= 4 is 39.5 Å². The second-order valence-electron chi connectivity index (χ2n) is 27.6. The lowest BCUT2D eigenvalue weighted by Crippen LogP contribution is -2.30. The van der Waals surface area contributed by atoms with Gasteiger partial charge in [0.1, 0.15) is 19.3 Å². The van der Waals surface area contributed by atoms with Crippen molar-refractivity contribution in [3.63, 3.8) is 0 Å². The van der Waals surface area contributed by atoms with Gasteiger partial charge in [-0.2, -0.15) is 0 Å². The van der Waals surface area contributed by atoms with Crippen LogP contribution in [-0.2, 0) is 65.4 Å². The minimum absolute atomic E-state index is 0.104. The van der Waals surface area contributed by atoms with Gasteiger partial charge in [-0.1, -0.05) is 349 Å². The number of ether oxygens (including phenoxy) is 4. The Hall–Kier alpha value is -1.94. The second kappa shape index (κ2) is 69.2. The number of rotatable bonds is 76. The number of phosphoric ester groups is 2. The van der Waals surface area contributed by atoms with Crippen molar-refractivity contribution in [2.75, 3.05) is 39.6 Å². The van der Waals surface area contributed by atoms with Gasteiger partial charge >= 0.3 is 39.5 Å². The van der Waals surface area contributed by atoms with Crippen molar-refractivity contribution in [1.29, 1.82) is 0 Å². The molecule has 0 fully saturated rings. The van der Waals surface area contributed by atoms with Crippen molar-refractivity contribution in [3.05, 3.63) is 0 Å². The maximum atomic E-state index is 13.1. The highest BCUT2D eigenvalue weighted by molar-refractivity contribution is 7.47. The number of carbonyl (C=O) groups is 4. The number of aliphatic hydroxyl groups excluding tert-OH is 1. The summed E-state index contributed by atoms with van der Waals surface area (Å²) in [6.07, 6.45) is 58.8. The van der Waals surface area contributed by atoms with Crippen molar-refractivity contribution < 1.29 is 80.2 Å². The molecule has 0 aliphatic carbocycles. The van der Waals surface area contributed by atoms with Gasteiger partial charge in [0.05, 0.1) is 26.4 Å². The van der Waals surface area contributed by atoms with Gasteiger partial charge in [-0.15, -0.1) is 0 Å². The molecule has 0 aromatic rings. The van der Waals surface area contributed by atoms with Gasteiger partial charge in [-0.3, -0.25) is 37.3 Å². The van der Waals surface area contributed by atoms with Gasteiger partial charge in [-0.25, -0.2) is 9.13 Å². The van der Waals surface area contributed by atoms with Crippen LogP contribution in [0.25, 0.3) is 0 Å². The molecule has 17 nitrogen and oxygen atoms in total. The van der Waals surface area contributed by atoms with E-state index in [0.29, 0.717) is 25.7 Å². The Morgan fingerprint density at radius 1 is 0.295 bits per heavy atom. The quantitative estimate of drug-likeness (QED) is 0.0222. The topological polar surface area (TPSA) is 237 Å². The van der Waals surface area contributed by atoms with Crippen LogP contribution >= 0.6 is 15.6 Å². The lowest BCUT2D eigenvalue weighted by atomic mass is 9.99. The monoisotopic (exact) mass is 1400 g/mol. The highest BCUT2D eigenvalue weighted by atomic mass is 31.2. The largest absolute Gasteiger partial charge is 0.472 e. The van der Waals surface area contributed by atoms with Crippen molar-refractivity contribution in [2.24, 2.45) is 5.92 Å². The zero-order chi connectivity index (χ0) is 69.8. The van der Waals surface area contributed by atoms with Gasteiger partial charge in [0.2, 0.25) is 0 Å². The molecule has 0 bridgehead atoms. The van der Waals surface area contributed by atoms with Crippen LogP contribution in [-0.4, -0.2) is 96.7 Å². The summed E-state index contributed by atoms with van der Waals surface area (Å²) in [5, 5.41) is 10.6. The fraction of sp³-hybridized carbons (Fsp3) is 0.947. The molecule has 0 aliphatic heterocycles. The third-order valence-electron chi connectivity index (χ3n) is 18.1. The molecular weight excluding hydrogens is 1250 g/mol. The van der Waals surface area contributed by atoms with Crippen LogP contribution in [0.3, 0.4) is 0 Å². The average molecular weight is 1400 g/mol. The van der Waals surface area contributed by atoms with E-state index in [4.69, 9.17) is 37.0 Å². The first-order chi connectivity index (χ1) is 46.1. The first-order valence-electron chi connectivity index (χ1n) is 39.7. The SMILES string of the molecule is CCCCCCCCCCCCCCCCCCCCCCCC(=O)O[C@H](COC(=O)CCCCCCCCCCCCCCCCCCC)COP(=O)(O)OC[C@@H](O)COP(=O)(O)OC[C@@H](COC(=O)CCCCCCC)OC(=O)CCCCCCCCCCC(C)CC. The molecule has 95 heavy (non-hydrogen) atoms. The Balaban J connectivity index is 5.12. The predicted molar refractivity (Wildman–Crippen MR) is 386 cm³/mol. The van der Waals surface area contributed by atoms with E-state index in [9.17, 15) is 43.2 Å². The normalized spacial score (nSPS) is 14.2. The minimum Gasteiger partial charge on any atom is -0.462 e. The molecule has 0 saturated heterocycles. The molecule has 0 amide bonds. The summed E-state index contributed by atoms with van der Waals surface area (Å²) in [7, 11) is -9.90. The smallest absolute Gasteiger partial charge is 0.462 e. The number of aliphatic hydroxyl groups is 1. The first kappa shape index (κ1) is 93.1. The van der Waals surface area contributed by atoms with Crippen LogP contribution in [0.15, 0.2) is 0 Å². The summed E-state index contributed by atoms with van der Waals surface area (Å²) in [4.78, 5) is 72.5. The molecule has 3 N–H and O–H groups in total. The van der Waals surface area contributed by atoms with Gasteiger partial charge < -0.3 is 33.8 Å². The highest BCUT2D eigenvalue weighted by Gasteiger charge is 2.30. The zero-order valence-corrected chi connectivity index (χ0v) is 63.6. The van der Waals surface area contributed by atoms with E-state index in [0.717, 1.165) is 102 Å². The summed E-state index contributed by atoms with van der Waals surface area (Å²) in [5.74, 6) is -1.36. The lowest BCUT2D eigenvalue weighted by Gasteiger charge is -2.21. The molecule has 0 aromatic carbocycles. The Labute approximate surface area is 581 Å². The van der Waals surface area contributed by atoms with E-state index in [2.05, 4.69) is 34.6 Å². The minimum atomic E-state index is -4.95. The average Bonchev–Trinajstić information content (AvgIpc) is 1.43. The fourth-order valence-corrected chi connectivity index (χ4v) is 13.3. The lowest BCUT2D eigenvalue weighted by molar-refractivity contribution is -0.161. The first-order valence-corrected chi connectivity index (χ1v) is 42.7. The van der Waals surface area contributed by atoms with E-state index in [1.165, 1.54) is 218 Å². The Kier molecular flexibility index (Phi) is 67.7. The van der Waals surface area contributed by atoms with Gasteiger partial charge in [0.15, 0.2) is 12.2 Å². The fourth-order valence-electron chi connectivity index (χ4n) is 11.7. The Morgan fingerprint density at radius 2 is 0.505 bits per heavy atom. The third-order valence-corrected chi connectivity index (χ3v) is 20.0. The summed E-state index contributed by atoms with van der Waals surface area (Å²) in [5.41, 5.74) is 0. The summed E-state index contributed by atoms with van der Waals surface area (Å²) in [6, 6.07) is 0. The molecule has 6 atom stereocenters. The zero-order valence-electron chi connectivity index (χ0n) is 61.8. The third kappa shape index (κ3) is 69.0. The second-order valence-corrected chi connectivity index (χ2v) is 30.5. The van der Waals surface area contributed by atoms with Crippen LogP contribution < -0.4 is 0 Å². The Morgan fingerprint density at radius 3 is 0.747 bits per heavy atom. The van der Waals surface area contributed by atoms with Crippen LogP contribution in [0.4, 0.5) is 0 Å². The number of hydrogen-bond acceptors (Lipinski definition) is 15. The van der Waals surface area contributed by atoms with Crippen LogP contribution in [0.1, 0.15) is 401 Å². The number of hydrogen-bond donors (Lipinski definition) is 3. The van der Waals surface area contributed by atoms with E-state index >= 15 is 0 Å². The maximum Gasteiger partial charge on any atom is 0.472 e. The van der Waals surface area contributed by atoms with Crippen molar-refractivity contribution in [2.45, 2.75) is 419 Å². The standard InChI is InChI=1S/C76H148O17P2/c1-6-10-13-16-18-20-22-24-26-28-29-30-31-33-35-37-39-41-46-51-56-61-75(80)93-72(66-87-74(79)60-55-50-45-40-38-36-34-32-27-25-23-21-19-17-14-11-7-2)68-91-95(84,85)89-64-70(77)63-88-94(82,83)90-67-71(65-86-73(78)59-54-48-15-12-8-3)92-76(81)62-57-52-47-43-42-44-49-53-58-69(5)9-4/h69-72,77H,6-68H2,1-5H3,(H,82,83)(H,84,85)/t69?,70-,71+,72+/m0/s1. The van der Waals surface area contributed by atoms with Crippen LogP contribution in [0.2, 0.25) is 0 Å². The molecule has 0 aliphatic rings. The molecule has 0 aromatic heterocycles. The van der Waals surface area contributed by atoms with E-state index < -0.39 is 97.5 Å².